The normalized spacial score (nSPS) is 17.9. The Labute approximate surface area is 90.5 Å². The summed E-state index contributed by atoms with van der Waals surface area (Å²) in [7, 11) is 0. The van der Waals surface area contributed by atoms with E-state index in [2.05, 4.69) is 0 Å². The maximum Gasteiger partial charge on any atom is 0.126 e. The SMILES string of the molecule is CCc1cc(CC2(N)CC2)c(C)cc1F. The van der Waals surface area contributed by atoms with Crippen LogP contribution in [0, 0.1) is 12.7 Å². The second-order valence-electron chi connectivity index (χ2n) is 4.76. The smallest absolute Gasteiger partial charge is 0.126 e. The van der Waals surface area contributed by atoms with Gasteiger partial charge in [0.15, 0.2) is 0 Å². The van der Waals surface area contributed by atoms with Gasteiger partial charge in [-0.05, 0) is 55.4 Å². The Kier molecular flexibility index (Phi) is 2.55. The molecular weight excluding hydrogens is 189 g/mol. The lowest BCUT2D eigenvalue weighted by Gasteiger charge is -2.13. The van der Waals surface area contributed by atoms with Crippen molar-refractivity contribution >= 4 is 0 Å². The van der Waals surface area contributed by atoms with Gasteiger partial charge in [0.25, 0.3) is 0 Å². The Hall–Kier alpha value is -0.890. The molecule has 0 unspecified atom stereocenters. The van der Waals surface area contributed by atoms with E-state index in [1.165, 1.54) is 5.56 Å². The predicted octanol–water partition coefficient (Wildman–Crippen LogP) is 2.73. The van der Waals surface area contributed by atoms with E-state index in [-0.39, 0.29) is 11.4 Å². The summed E-state index contributed by atoms with van der Waals surface area (Å²) in [4.78, 5) is 0. The van der Waals surface area contributed by atoms with Crippen molar-refractivity contribution in [3.05, 3.63) is 34.6 Å². The van der Waals surface area contributed by atoms with Crippen molar-refractivity contribution in [1.29, 1.82) is 0 Å². The first-order valence-electron chi connectivity index (χ1n) is 5.61. The van der Waals surface area contributed by atoms with E-state index in [4.69, 9.17) is 5.73 Å². The van der Waals surface area contributed by atoms with E-state index in [0.717, 1.165) is 36.8 Å². The highest BCUT2D eigenvalue weighted by Crippen LogP contribution is 2.36. The molecule has 0 spiro atoms. The fourth-order valence-electron chi connectivity index (χ4n) is 1.95. The Morgan fingerprint density at radius 1 is 1.33 bits per heavy atom. The Morgan fingerprint density at radius 3 is 2.53 bits per heavy atom. The molecule has 82 valence electrons. The number of rotatable bonds is 3. The van der Waals surface area contributed by atoms with E-state index in [0.29, 0.717) is 0 Å². The van der Waals surface area contributed by atoms with Crippen LogP contribution in [0.1, 0.15) is 36.5 Å². The number of aryl methyl sites for hydroxylation is 2. The molecule has 1 aromatic carbocycles. The molecule has 0 aromatic heterocycles. The van der Waals surface area contributed by atoms with Crippen molar-refractivity contribution in [3.63, 3.8) is 0 Å². The van der Waals surface area contributed by atoms with Gasteiger partial charge in [-0.3, -0.25) is 0 Å². The highest BCUT2D eigenvalue weighted by Gasteiger charge is 2.38. The van der Waals surface area contributed by atoms with Crippen molar-refractivity contribution in [2.24, 2.45) is 5.73 Å². The van der Waals surface area contributed by atoms with Gasteiger partial charge < -0.3 is 5.73 Å². The molecule has 1 saturated carbocycles. The van der Waals surface area contributed by atoms with Gasteiger partial charge in [0.05, 0.1) is 0 Å². The van der Waals surface area contributed by atoms with Gasteiger partial charge in [0.2, 0.25) is 0 Å². The minimum atomic E-state index is -0.0828. The molecule has 0 bridgehead atoms. The van der Waals surface area contributed by atoms with Crippen molar-refractivity contribution in [2.45, 2.75) is 45.1 Å². The molecule has 1 nitrogen and oxygen atoms in total. The van der Waals surface area contributed by atoms with E-state index in [1.807, 2.05) is 19.9 Å². The van der Waals surface area contributed by atoms with Crippen molar-refractivity contribution in [1.82, 2.24) is 0 Å². The van der Waals surface area contributed by atoms with Crippen LogP contribution in [0.25, 0.3) is 0 Å². The fourth-order valence-corrected chi connectivity index (χ4v) is 1.95. The summed E-state index contributed by atoms with van der Waals surface area (Å²) < 4.78 is 13.4. The molecule has 1 aliphatic rings. The van der Waals surface area contributed by atoms with Crippen molar-refractivity contribution < 1.29 is 4.39 Å². The molecular formula is C13H18FN. The molecule has 0 aliphatic heterocycles. The van der Waals surface area contributed by atoms with Gasteiger partial charge in [-0.25, -0.2) is 4.39 Å². The summed E-state index contributed by atoms with van der Waals surface area (Å²) >= 11 is 0. The number of halogens is 1. The average Bonchev–Trinajstić information content (AvgIpc) is 2.89. The average molecular weight is 207 g/mol. The first-order valence-corrected chi connectivity index (χ1v) is 5.61. The minimum Gasteiger partial charge on any atom is -0.325 e. The molecule has 2 heteroatoms. The van der Waals surface area contributed by atoms with Crippen molar-refractivity contribution in [3.8, 4) is 0 Å². The van der Waals surface area contributed by atoms with E-state index in [1.54, 1.807) is 6.07 Å². The van der Waals surface area contributed by atoms with Crippen LogP contribution in [0.5, 0.6) is 0 Å². The van der Waals surface area contributed by atoms with Gasteiger partial charge in [0, 0.05) is 5.54 Å². The summed E-state index contributed by atoms with van der Waals surface area (Å²) in [6.07, 6.45) is 3.85. The zero-order valence-corrected chi connectivity index (χ0v) is 9.44. The van der Waals surface area contributed by atoms with Crippen LogP contribution in [0.15, 0.2) is 12.1 Å². The summed E-state index contributed by atoms with van der Waals surface area (Å²) in [5, 5.41) is 0. The third-order valence-corrected chi connectivity index (χ3v) is 3.32. The van der Waals surface area contributed by atoms with Crippen LogP contribution >= 0.6 is 0 Å². The molecule has 0 saturated heterocycles. The lowest BCUT2D eigenvalue weighted by atomic mass is 9.96. The molecule has 1 aromatic rings. The number of hydrogen-bond acceptors (Lipinski definition) is 1. The number of benzene rings is 1. The van der Waals surface area contributed by atoms with Gasteiger partial charge in [-0.1, -0.05) is 13.0 Å². The van der Waals surface area contributed by atoms with Crippen LogP contribution in [0.4, 0.5) is 4.39 Å². The highest BCUT2D eigenvalue weighted by molar-refractivity contribution is 5.34. The predicted molar refractivity (Wildman–Crippen MR) is 60.4 cm³/mol. The second-order valence-corrected chi connectivity index (χ2v) is 4.76. The van der Waals surface area contributed by atoms with E-state index >= 15 is 0 Å². The molecule has 2 rings (SSSR count). The highest BCUT2D eigenvalue weighted by atomic mass is 19.1. The molecule has 0 atom stereocenters. The maximum atomic E-state index is 13.4. The summed E-state index contributed by atoms with van der Waals surface area (Å²) in [6.45, 7) is 3.94. The molecule has 1 fully saturated rings. The maximum absolute atomic E-state index is 13.4. The zero-order chi connectivity index (χ0) is 11.1. The summed E-state index contributed by atoms with van der Waals surface area (Å²) in [5.74, 6) is -0.0828. The topological polar surface area (TPSA) is 26.0 Å². The lowest BCUT2D eigenvalue weighted by Crippen LogP contribution is -2.25. The summed E-state index contributed by atoms with van der Waals surface area (Å²) in [5.41, 5.74) is 9.14. The van der Waals surface area contributed by atoms with Gasteiger partial charge in [-0.2, -0.15) is 0 Å². The Morgan fingerprint density at radius 2 is 2.00 bits per heavy atom. The van der Waals surface area contributed by atoms with Crippen LogP contribution < -0.4 is 5.73 Å². The van der Waals surface area contributed by atoms with Crippen LogP contribution in [-0.4, -0.2) is 5.54 Å². The molecule has 0 radical (unpaired) electrons. The number of nitrogens with two attached hydrogens (primary N) is 1. The quantitative estimate of drug-likeness (QED) is 0.810. The largest absolute Gasteiger partial charge is 0.325 e. The number of hydrogen-bond donors (Lipinski definition) is 1. The minimum absolute atomic E-state index is 0.00754. The second kappa shape index (κ2) is 3.60. The Bertz CT molecular complexity index is 380. The van der Waals surface area contributed by atoms with Crippen LogP contribution in [0.2, 0.25) is 0 Å². The third-order valence-electron chi connectivity index (χ3n) is 3.32. The van der Waals surface area contributed by atoms with E-state index in [9.17, 15) is 4.39 Å². The third kappa shape index (κ3) is 2.20. The van der Waals surface area contributed by atoms with Gasteiger partial charge in [-0.15, -0.1) is 0 Å². The van der Waals surface area contributed by atoms with E-state index < -0.39 is 0 Å². The van der Waals surface area contributed by atoms with Gasteiger partial charge in [0.1, 0.15) is 5.82 Å². The molecule has 0 amide bonds. The molecule has 0 heterocycles. The van der Waals surface area contributed by atoms with Crippen LogP contribution in [0.3, 0.4) is 0 Å². The van der Waals surface area contributed by atoms with Gasteiger partial charge >= 0.3 is 0 Å². The standard InChI is InChI=1S/C13H18FN/c1-3-10-7-11(8-13(15)4-5-13)9(2)6-12(10)14/h6-7H,3-5,8,15H2,1-2H3. The monoisotopic (exact) mass is 207 g/mol. The fraction of sp³-hybridized carbons (Fsp3) is 0.538. The molecule has 1 aliphatic carbocycles. The first kappa shape index (κ1) is 10.6. The molecule has 2 N–H and O–H groups in total. The zero-order valence-electron chi connectivity index (χ0n) is 9.44. The lowest BCUT2D eigenvalue weighted by molar-refractivity contribution is 0.606. The first-order chi connectivity index (χ1) is 7.04. The summed E-state index contributed by atoms with van der Waals surface area (Å²) in [6, 6.07) is 3.62. The van der Waals surface area contributed by atoms with Crippen LogP contribution in [-0.2, 0) is 12.8 Å². The Balaban J connectivity index is 2.29. The molecule has 15 heavy (non-hydrogen) atoms. The van der Waals surface area contributed by atoms with Crippen molar-refractivity contribution in [2.75, 3.05) is 0 Å².